The molecule has 0 radical (unpaired) electrons. The average molecular weight is 402 g/mol. The molecule has 6 nitrogen and oxygen atoms in total. The second-order valence-corrected chi connectivity index (χ2v) is 7.81. The van der Waals surface area contributed by atoms with Crippen molar-refractivity contribution < 1.29 is 14.3 Å². The number of nitrogens with one attached hydrogen (secondary N) is 1. The molecular formula is C24H22N2O4. The van der Waals surface area contributed by atoms with Gasteiger partial charge in [0, 0.05) is 28.2 Å². The highest BCUT2D eigenvalue weighted by molar-refractivity contribution is 6.07. The predicted octanol–water partition coefficient (Wildman–Crippen LogP) is 4.28. The lowest BCUT2D eigenvalue weighted by Crippen LogP contribution is -2.32. The summed E-state index contributed by atoms with van der Waals surface area (Å²) < 4.78 is 7.17. The molecule has 4 aromatic rings. The minimum atomic E-state index is -1.01. The summed E-state index contributed by atoms with van der Waals surface area (Å²) in [5.74, 6) is 0.389. The fraction of sp³-hybridized carbons (Fsp3) is 0.167. The topological polar surface area (TPSA) is 84.5 Å². The molecule has 1 amide bonds. The molecule has 0 aliphatic heterocycles. The Balaban J connectivity index is 1.63. The van der Waals surface area contributed by atoms with Gasteiger partial charge in [0.15, 0.2) is 5.76 Å². The smallest absolute Gasteiger partial charge is 0.291 e. The minimum Gasteiger partial charge on any atom is -0.451 e. The van der Waals surface area contributed by atoms with E-state index in [4.69, 9.17) is 4.42 Å². The number of amides is 1. The molecule has 2 aromatic heterocycles. The first-order valence-corrected chi connectivity index (χ1v) is 9.63. The highest BCUT2D eigenvalue weighted by Crippen LogP contribution is 2.25. The van der Waals surface area contributed by atoms with Crippen LogP contribution in [0.2, 0.25) is 0 Å². The largest absolute Gasteiger partial charge is 0.451 e. The first kappa shape index (κ1) is 19.7. The molecule has 0 spiro atoms. The lowest BCUT2D eigenvalue weighted by atomic mass is 10.1. The van der Waals surface area contributed by atoms with Crippen LogP contribution in [0.3, 0.4) is 0 Å². The second-order valence-electron chi connectivity index (χ2n) is 7.81. The molecular weight excluding hydrogens is 380 g/mol. The van der Waals surface area contributed by atoms with Crippen LogP contribution in [-0.2, 0) is 6.54 Å². The first-order chi connectivity index (χ1) is 14.3. The summed E-state index contributed by atoms with van der Waals surface area (Å²) in [4.78, 5) is 25.5. The van der Waals surface area contributed by atoms with E-state index in [0.29, 0.717) is 22.2 Å². The van der Waals surface area contributed by atoms with Gasteiger partial charge in [-0.3, -0.25) is 9.59 Å². The number of fused-ring (bicyclic) bond motifs is 1. The normalized spacial score (nSPS) is 11.6. The zero-order valence-corrected chi connectivity index (χ0v) is 16.8. The Morgan fingerprint density at radius 3 is 2.50 bits per heavy atom. The van der Waals surface area contributed by atoms with E-state index in [2.05, 4.69) is 5.32 Å². The number of benzene rings is 2. The van der Waals surface area contributed by atoms with Gasteiger partial charge in [-0.2, -0.15) is 0 Å². The molecule has 4 rings (SSSR count). The number of aromatic nitrogens is 1. The number of aliphatic hydroxyl groups is 1. The van der Waals surface area contributed by atoms with Gasteiger partial charge in [0.05, 0.1) is 12.1 Å². The van der Waals surface area contributed by atoms with E-state index >= 15 is 0 Å². The minimum absolute atomic E-state index is 0.174. The Kier molecular flexibility index (Phi) is 5.01. The Hall–Kier alpha value is -3.64. The molecule has 152 valence electrons. The van der Waals surface area contributed by atoms with Crippen molar-refractivity contribution in [3.05, 3.63) is 89.0 Å². The molecule has 0 aliphatic carbocycles. The summed E-state index contributed by atoms with van der Waals surface area (Å²) >= 11 is 0. The van der Waals surface area contributed by atoms with Gasteiger partial charge < -0.3 is 19.4 Å². The Labute approximate surface area is 173 Å². The summed E-state index contributed by atoms with van der Waals surface area (Å²) in [5, 5.41) is 13.9. The number of hydrogen-bond acceptors (Lipinski definition) is 4. The van der Waals surface area contributed by atoms with E-state index in [9.17, 15) is 14.7 Å². The van der Waals surface area contributed by atoms with Crippen LogP contribution in [0.15, 0.2) is 82.1 Å². The molecule has 2 N–H and O–H groups in total. The molecule has 0 fully saturated rings. The third kappa shape index (κ3) is 4.04. The highest BCUT2D eigenvalue weighted by atomic mass is 16.3. The van der Waals surface area contributed by atoms with Gasteiger partial charge in [0.25, 0.3) is 11.5 Å². The van der Waals surface area contributed by atoms with Crippen LogP contribution in [0, 0.1) is 0 Å². The SMILES string of the molecule is CC(C)(O)Cn1ccc2c(NC(=O)c3ccc(-c4ccccc4)o3)cccc2c1=O. The number of carbonyl (C=O) groups is 1. The van der Waals surface area contributed by atoms with Crippen molar-refractivity contribution in [1.82, 2.24) is 4.57 Å². The molecule has 0 unspecified atom stereocenters. The van der Waals surface area contributed by atoms with Crippen molar-refractivity contribution in [3.8, 4) is 11.3 Å². The van der Waals surface area contributed by atoms with Crippen LogP contribution in [-0.4, -0.2) is 21.2 Å². The zero-order valence-electron chi connectivity index (χ0n) is 16.8. The summed E-state index contributed by atoms with van der Waals surface area (Å²) in [6.07, 6.45) is 1.62. The monoisotopic (exact) mass is 402 g/mol. The summed E-state index contributed by atoms with van der Waals surface area (Å²) in [5.41, 5.74) is 0.158. The number of carbonyl (C=O) groups excluding carboxylic acids is 1. The highest BCUT2D eigenvalue weighted by Gasteiger charge is 2.17. The second kappa shape index (κ2) is 7.65. The van der Waals surface area contributed by atoms with Crippen LogP contribution in [0.25, 0.3) is 22.1 Å². The van der Waals surface area contributed by atoms with Crippen molar-refractivity contribution in [1.29, 1.82) is 0 Å². The number of nitrogens with zero attached hydrogens (tertiary/aromatic N) is 1. The number of pyridine rings is 1. The number of furan rings is 1. The lowest BCUT2D eigenvalue weighted by Gasteiger charge is -2.19. The first-order valence-electron chi connectivity index (χ1n) is 9.63. The maximum atomic E-state index is 12.8. The van der Waals surface area contributed by atoms with Gasteiger partial charge in [-0.25, -0.2) is 0 Å². The van der Waals surface area contributed by atoms with Crippen molar-refractivity contribution in [3.63, 3.8) is 0 Å². The number of anilines is 1. The Morgan fingerprint density at radius 2 is 1.77 bits per heavy atom. The van der Waals surface area contributed by atoms with Gasteiger partial charge in [0.2, 0.25) is 0 Å². The van der Waals surface area contributed by atoms with Crippen molar-refractivity contribution in [2.75, 3.05) is 5.32 Å². The van der Waals surface area contributed by atoms with Crippen LogP contribution in [0.4, 0.5) is 5.69 Å². The van der Waals surface area contributed by atoms with E-state index in [0.717, 1.165) is 5.56 Å². The molecule has 6 heteroatoms. The van der Waals surface area contributed by atoms with E-state index in [1.807, 2.05) is 30.3 Å². The van der Waals surface area contributed by atoms with Gasteiger partial charge in [-0.15, -0.1) is 0 Å². The van der Waals surface area contributed by atoms with Crippen LogP contribution >= 0.6 is 0 Å². The summed E-state index contributed by atoms with van der Waals surface area (Å²) in [6, 6.07) is 19.8. The van der Waals surface area contributed by atoms with Crippen molar-refractivity contribution in [2.24, 2.45) is 0 Å². The molecule has 0 bridgehead atoms. The Bertz CT molecular complexity index is 1260. The fourth-order valence-electron chi connectivity index (χ4n) is 3.37. The van der Waals surface area contributed by atoms with Crippen LogP contribution in [0.1, 0.15) is 24.4 Å². The van der Waals surface area contributed by atoms with Gasteiger partial charge >= 0.3 is 0 Å². The number of rotatable bonds is 5. The molecule has 0 aliphatic rings. The molecule has 0 saturated heterocycles. The van der Waals surface area contributed by atoms with E-state index in [1.165, 1.54) is 4.57 Å². The molecule has 2 aromatic carbocycles. The van der Waals surface area contributed by atoms with E-state index in [-0.39, 0.29) is 17.9 Å². The standard InChI is InChI=1S/C24H22N2O4/c1-24(2,29)15-26-14-13-17-18(23(26)28)9-6-10-19(17)25-22(27)21-12-11-20(30-21)16-7-4-3-5-8-16/h3-14,29H,15H2,1-2H3,(H,25,27). The Morgan fingerprint density at radius 1 is 1.00 bits per heavy atom. The van der Waals surface area contributed by atoms with Gasteiger partial charge in [0.1, 0.15) is 5.76 Å². The molecule has 0 saturated carbocycles. The lowest BCUT2D eigenvalue weighted by molar-refractivity contribution is 0.0606. The van der Waals surface area contributed by atoms with Gasteiger partial charge in [-0.05, 0) is 44.2 Å². The van der Waals surface area contributed by atoms with Crippen LogP contribution in [0.5, 0.6) is 0 Å². The van der Waals surface area contributed by atoms with Crippen LogP contribution < -0.4 is 10.9 Å². The van der Waals surface area contributed by atoms with Gasteiger partial charge in [-0.1, -0.05) is 36.4 Å². The third-order valence-corrected chi connectivity index (χ3v) is 4.71. The van der Waals surface area contributed by atoms with Crippen molar-refractivity contribution in [2.45, 2.75) is 26.0 Å². The summed E-state index contributed by atoms with van der Waals surface area (Å²) in [7, 11) is 0. The van der Waals surface area contributed by atoms with Crippen molar-refractivity contribution >= 4 is 22.4 Å². The maximum absolute atomic E-state index is 12.8. The predicted molar refractivity (Wildman–Crippen MR) is 117 cm³/mol. The van der Waals surface area contributed by atoms with E-state index < -0.39 is 11.5 Å². The fourth-order valence-corrected chi connectivity index (χ4v) is 3.37. The average Bonchev–Trinajstić information content (AvgIpc) is 3.21. The zero-order chi connectivity index (χ0) is 21.3. The number of hydrogen-bond donors (Lipinski definition) is 2. The quantitative estimate of drug-likeness (QED) is 0.522. The third-order valence-electron chi connectivity index (χ3n) is 4.71. The summed E-state index contributed by atoms with van der Waals surface area (Å²) in [6.45, 7) is 3.47. The maximum Gasteiger partial charge on any atom is 0.291 e. The molecule has 30 heavy (non-hydrogen) atoms. The molecule has 0 atom stereocenters. The molecule has 2 heterocycles. The van der Waals surface area contributed by atoms with E-state index in [1.54, 1.807) is 56.4 Å².